The fraction of sp³-hybridized carbons (Fsp3) is 0.222. The Kier molecular flexibility index (Phi) is 3.65. The van der Waals surface area contributed by atoms with Crippen molar-refractivity contribution in [3.8, 4) is 22.1 Å². The molecule has 0 fully saturated rings. The third-order valence-electron chi connectivity index (χ3n) is 4.47. The lowest BCUT2D eigenvalue weighted by molar-refractivity contribution is 0.0900. The number of rotatable bonds is 4. The van der Waals surface area contributed by atoms with Crippen molar-refractivity contribution in [1.82, 2.24) is 20.4 Å². The van der Waals surface area contributed by atoms with Gasteiger partial charge in [0.2, 0.25) is 6.79 Å². The Morgan fingerprint density at radius 2 is 2.19 bits per heavy atom. The van der Waals surface area contributed by atoms with Crippen molar-refractivity contribution in [1.29, 1.82) is 0 Å². The molecule has 3 aromatic rings. The molecule has 0 bridgehead atoms. The number of fused-ring (bicyclic) bond motifs is 2. The second-order valence-electron chi connectivity index (χ2n) is 6.13. The fourth-order valence-corrected chi connectivity index (χ4v) is 3.84. The molecule has 132 valence electrons. The molecule has 2 aliphatic rings. The van der Waals surface area contributed by atoms with Gasteiger partial charge < -0.3 is 14.8 Å². The summed E-state index contributed by atoms with van der Waals surface area (Å²) in [4.78, 5) is 13.2. The minimum absolute atomic E-state index is 0.0959. The Hall–Kier alpha value is -2.84. The molecule has 7 nitrogen and oxygen atoms in total. The summed E-state index contributed by atoms with van der Waals surface area (Å²) in [6, 6.07) is 11.7. The topological polar surface area (TPSA) is 77.4 Å². The smallest absolute Gasteiger partial charge is 0.269 e. The maximum Gasteiger partial charge on any atom is 0.269 e. The van der Waals surface area contributed by atoms with Gasteiger partial charge in [0.05, 0.1) is 11.4 Å². The summed E-state index contributed by atoms with van der Waals surface area (Å²) in [5.74, 6) is 1.44. The first-order valence-electron chi connectivity index (χ1n) is 8.31. The lowest BCUT2D eigenvalue weighted by Crippen LogP contribution is -2.45. The summed E-state index contributed by atoms with van der Waals surface area (Å²) in [6.07, 6.45) is -0.109. The SMILES string of the molecule is O=C1NC[C@H](NCc2ccc3c(c2)OCO3)n2nc(-c3cccs3)cc21. The van der Waals surface area contributed by atoms with Crippen LogP contribution in [0.1, 0.15) is 22.2 Å². The van der Waals surface area contributed by atoms with Gasteiger partial charge in [0.25, 0.3) is 5.91 Å². The molecule has 0 aliphatic carbocycles. The van der Waals surface area contributed by atoms with Gasteiger partial charge in [0.1, 0.15) is 17.6 Å². The third-order valence-corrected chi connectivity index (χ3v) is 5.36. The molecule has 0 saturated heterocycles. The Morgan fingerprint density at radius 3 is 3.08 bits per heavy atom. The molecule has 8 heteroatoms. The molecule has 1 amide bonds. The van der Waals surface area contributed by atoms with Gasteiger partial charge >= 0.3 is 0 Å². The van der Waals surface area contributed by atoms with Gasteiger partial charge in [-0.2, -0.15) is 5.10 Å². The van der Waals surface area contributed by atoms with Crippen LogP contribution in [0, 0.1) is 0 Å². The maximum atomic E-state index is 12.2. The lowest BCUT2D eigenvalue weighted by atomic mass is 10.2. The molecule has 1 aromatic carbocycles. The van der Waals surface area contributed by atoms with Crippen LogP contribution in [0.4, 0.5) is 0 Å². The average Bonchev–Trinajstić information content (AvgIpc) is 3.39. The number of benzene rings is 1. The third kappa shape index (κ3) is 2.63. The quantitative estimate of drug-likeness (QED) is 0.739. The zero-order chi connectivity index (χ0) is 17.5. The van der Waals surface area contributed by atoms with E-state index >= 15 is 0 Å². The largest absolute Gasteiger partial charge is 0.454 e. The number of hydrogen-bond acceptors (Lipinski definition) is 6. The molecule has 2 aliphatic heterocycles. The van der Waals surface area contributed by atoms with Crippen LogP contribution in [0.5, 0.6) is 11.5 Å². The van der Waals surface area contributed by atoms with Crippen molar-refractivity contribution < 1.29 is 14.3 Å². The standard InChI is InChI=1S/C18H16N4O3S/c23-18-13-7-12(16-2-1-5-26-16)21-22(13)17(9-20-18)19-8-11-3-4-14-15(6-11)25-10-24-14/h1-7,17,19H,8-10H2,(H,20,23)/t17-/m1/s1. The second-order valence-corrected chi connectivity index (χ2v) is 7.08. The number of aromatic nitrogens is 2. The molecule has 1 atom stereocenters. The number of carbonyl (C=O) groups is 1. The number of hydrogen-bond donors (Lipinski definition) is 2. The van der Waals surface area contributed by atoms with Crippen molar-refractivity contribution in [2.75, 3.05) is 13.3 Å². The van der Waals surface area contributed by atoms with Gasteiger partial charge in [-0.1, -0.05) is 12.1 Å². The van der Waals surface area contributed by atoms with Crippen LogP contribution >= 0.6 is 11.3 Å². The summed E-state index contributed by atoms with van der Waals surface area (Å²) in [6.45, 7) is 1.38. The highest BCUT2D eigenvalue weighted by atomic mass is 32.1. The summed E-state index contributed by atoms with van der Waals surface area (Å²) in [5.41, 5.74) is 2.48. The molecule has 4 heterocycles. The van der Waals surface area contributed by atoms with Crippen LogP contribution in [0.3, 0.4) is 0 Å². The van der Waals surface area contributed by atoms with Crippen LogP contribution in [0.15, 0.2) is 41.8 Å². The Bertz CT molecular complexity index is 967. The van der Waals surface area contributed by atoms with E-state index in [9.17, 15) is 4.79 Å². The van der Waals surface area contributed by atoms with Crippen LogP contribution in [-0.2, 0) is 6.54 Å². The summed E-state index contributed by atoms with van der Waals surface area (Å²) < 4.78 is 12.5. The van der Waals surface area contributed by atoms with E-state index in [0.717, 1.165) is 27.6 Å². The van der Waals surface area contributed by atoms with Crippen molar-refractivity contribution >= 4 is 17.2 Å². The first-order chi connectivity index (χ1) is 12.8. The maximum absolute atomic E-state index is 12.2. The first-order valence-corrected chi connectivity index (χ1v) is 9.19. The Balaban J connectivity index is 1.37. The molecule has 5 rings (SSSR count). The first kappa shape index (κ1) is 15.4. The minimum Gasteiger partial charge on any atom is -0.454 e. The van der Waals surface area contributed by atoms with Crippen LogP contribution in [0.25, 0.3) is 10.6 Å². The molecular weight excluding hydrogens is 352 g/mol. The predicted octanol–water partition coefficient (Wildman–Crippen LogP) is 2.37. The van der Waals surface area contributed by atoms with Crippen molar-refractivity contribution in [2.45, 2.75) is 12.7 Å². The normalized spacial score (nSPS) is 17.8. The lowest BCUT2D eigenvalue weighted by Gasteiger charge is -2.25. The minimum atomic E-state index is -0.109. The summed E-state index contributed by atoms with van der Waals surface area (Å²) in [7, 11) is 0. The molecule has 2 aromatic heterocycles. The van der Waals surface area contributed by atoms with Gasteiger partial charge in [-0.25, -0.2) is 4.68 Å². The highest BCUT2D eigenvalue weighted by Crippen LogP contribution is 2.32. The zero-order valence-electron chi connectivity index (χ0n) is 13.8. The van der Waals surface area contributed by atoms with Gasteiger partial charge in [-0.3, -0.25) is 10.1 Å². The van der Waals surface area contributed by atoms with E-state index in [-0.39, 0.29) is 18.9 Å². The summed E-state index contributed by atoms with van der Waals surface area (Å²) >= 11 is 1.61. The van der Waals surface area contributed by atoms with Gasteiger partial charge in [0.15, 0.2) is 11.5 Å². The monoisotopic (exact) mass is 368 g/mol. The Morgan fingerprint density at radius 1 is 1.27 bits per heavy atom. The van der Waals surface area contributed by atoms with E-state index in [2.05, 4.69) is 15.7 Å². The number of nitrogens with one attached hydrogen (secondary N) is 2. The van der Waals surface area contributed by atoms with Gasteiger partial charge in [-0.15, -0.1) is 11.3 Å². The number of thiophene rings is 1. The molecule has 0 unspecified atom stereocenters. The van der Waals surface area contributed by atoms with Crippen molar-refractivity contribution in [3.63, 3.8) is 0 Å². The van der Waals surface area contributed by atoms with Crippen molar-refractivity contribution in [2.24, 2.45) is 0 Å². The van der Waals surface area contributed by atoms with Crippen LogP contribution in [0.2, 0.25) is 0 Å². The second kappa shape index (κ2) is 6.15. The molecule has 0 spiro atoms. The van der Waals surface area contributed by atoms with E-state index in [1.165, 1.54) is 0 Å². The molecule has 26 heavy (non-hydrogen) atoms. The number of amides is 1. The number of nitrogens with zero attached hydrogens (tertiary/aromatic N) is 2. The van der Waals surface area contributed by atoms with E-state index in [1.807, 2.05) is 41.8 Å². The highest BCUT2D eigenvalue weighted by molar-refractivity contribution is 7.13. The van der Waals surface area contributed by atoms with Crippen molar-refractivity contribution in [3.05, 3.63) is 53.0 Å². The van der Waals surface area contributed by atoms with Crippen LogP contribution < -0.4 is 20.1 Å². The Labute approximate surface area is 153 Å². The molecular formula is C18H16N4O3S. The molecule has 0 radical (unpaired) electrons. The highest BCUT2D eigenvalue weighted by Gasteiger charge is 2.27. The predicted molar refractivity (Wildman–Crippen MR) is 96.3 cm³/mol. The fourth-order valence-electron chi connectivity index (χ4n) is 3.16. The van der Waals surface area contributed by atoms with E-state index in [0.29, 0.717) is 18.8 Å². The number of ether oxygens (including phenoxy) is 2. The van der Waals surface area contributed by atoms with Gasteiger partial charge in [-0.05, 0) is 35.2 Å². The molecule has 0 saturated carbocycles. The van der Waals surface area contributed by atoms with E-state index < -0.39 is 0 Å². The number of carbonyl (C=O) groups excluding carboxylic acids is 1. The van der Waals surface area contributed by atoms with E-state index in [1.54, 1.807) is 16.0 Å². The van der Waals surface area contributed by atoms with E-state index in [4.69, 9.17) is 9.47 Å². The zero-order valence-corrected chi connectivity index (χ0v) is 14.6. The summed E-state index contributed by atoms with van der Waals surface area (Å²) in [5, 5.41) is 13.0. The van der Waals surface area contributed by atoms with Gasteiger partial charge in [0, 0.05) is 6.54 Å². The molecule has 2 N–H and O–H groups in total. The van der Waals surface area contributed by atoms with Crippen LogP contribution in [-0.4, -0.2) is 29.0 Å². The average molecular weight is 368 g/mol.